The molecule has 0 radical (unpaired) electrons. The molecule has 114 valence electrons. The highest BCUT2D eigenvalue weighted by atomic mass is 16.5. The van der Waals surface area contributed by atoms with E-state index >= 15 is 0 Å². The lowest BCUT2D eigenvalue weighted by Crippen LogP contribution is -2.51. The number of anilines is 1. The molecular formula is C15H21N3O3. The molecule has 1 aromatic rings. The van der Waals surface area contributed by atoms with E-state index < -0.39 is 6.61 Å². The zero-order chi connectivity index (χ0) is 14.7. The predicted molar refractivity (Wildman–Crippen MR) is 78.0 cm³/mol. The van der Waals surface area contributed by atoms with E-state index in [9.17, 15) is 4.79 Å². The minimum absolute atomic E-state index is 0.135. The fourth-order valence-corrected chi connectivity index (χ4v) is 3.27. The van der Waals surface area contributed by atoms with Crippen molar-refractivity contribution >= 4 is 11.6 Å². The van der Waals surface area contributed by atoms with Crippen molar-refractivity contribution in [2.45, 2.75) is 25.0 Å². The van der Waals surface area contributed by atoms with Crippen molar-refractivity contribution in [3.63, 3.8) is 0 Å². The first kappa shape index (κ1) is 14.3. The van der Waals surface area contributed by atoms with Crippen molar-refractivity contribution < 1.29 is 14.6 Å². The maximum absolute atomic E-state index is 11.7. The number of hydrogen-bond acceptors (Lipinski definition) is 5. The Bertz CT molecular complexity index is 482. The van der Waals surface area contributed by atoms with Crippen LogP contribution in [0.3, 0.4) is 0 Å². The van der Waals surface area contributed by atoms with E-state index in [1.54, 1.807) is 11.1 Å². The molecule has 3 rings (SSSR count). The number of aliphatic hydroxyl groups excluding tert-OH is 1. The third-order valence-corrected chi connectivity index (χ3v) is 4.34. The Morgan fingerprint density at radius 1 is 1.38 bits per heavy atom. The third-order valence-electron chi connectivity index (χ3n) is 4.34. The number of pyridine rings is 1. The molecular weight excluding hydrogens is 270 g/mol. The normalized spacial score (nSPS) is 26.1. The van der Waals surface area contributed by atoms with E-state index in [0.717, 1.165) is 25.1 Å². The van der Waals surface area contributed by atoms with Gasteiger partial charge in [0.05, 0.1) is 30.6 Å². The van der Waals surface area contributed by atoms with E-state index in [2.05, 4.69) is 16.0 Å². The number of morpholine rings is 1. The number of fused-ring (bicyclic) bond motifs is 1. The van der Waals surface area contributed by atoms with E-state index in [0.29, 0.717) is 19.7 Å². The second-order valence-electron chi connectivity index (χ2n) is 5.50. The highest BCUT2D eigenvalue weighted by molar-refractivity contribution is 5.77. The second-order valence-corrected chi connectivity index (χ2v) is 5.50. The summed E-state index contributed by atoms with van der Waals surface area (Å²) in [6.45, 7) is 2.45. The Labute approximate surface area is 124 Å². The van der Waals surface area contributed by atoms with Crippen LogP contribution in [-0.2, 0) is 9.53 Å². The largest absolute Gasteiger partial charge is 0.387 e. The summed E-state index contributed by atoms with van der Waals surface area (Å²) in [7, 11) is 0. The van der Waals surface area contributed by atoms with Crippen LogP contribution >= 0.6 is 0 Å². The zero-order valence-corrected chi connectivity index (χ0v) is 12.0. The van der Waals surface area contributed by atoms with Crippen LogP contribution in [-0.4, -0.2) is 65.9 Å². The number of aromatic nitrogens is 1. The minimum Gasteiger partial charge on any atom is -0.387 e. The summed E-state index contributed by atoms with van der Waals surface area (Å²) in [4.78, 5) is 20.0. The Balaban J connectivity index is 1.76. The quantitative estimate of drug-likeness (QED) is 0.847. The van der Waals surface area contributed by atoms with Gasteiger partial charge in [-0.05, 0) is 25.0 Å². The van der Waals surface area contributed by atoms with Crippen LogP contribution in [0.5, 0.6) is 0 Å². The molecule has 2 fully saturated rings. The topological polar surface area (TPSA) is 65.9 Å². The van der Waals surface area contributed by atoms with Crippen LogP contribution in [0.2, 0.25) is 0 Å². The van der Waals surface area contributed by atoms with Gasteiger partial charge in [-0.2, -0.15) is 0 Å². The van der Waals surface area contributed by atoms with Crippen molar-refractivity contribution in [3.05, 3.63) is 24.5 Å². The van der Waals surface area contributed by atoms with Gasteiger partial charge >= 0.3 is 0 Å². The fourth-order valence-electron chi connectivity index (χ4n) is 3.27. The Hall–Kier alpha value is -1.66. The van der Waals surface area contributed by atoms with Gasteiger partial charge in [-0.3, -0.25) is 9.78 Å². The molecule has 1 N–H and O–H groups in total. The number of carbonyl (C=O) groups excluding carboxylic acids is 1. The fraction of sp³-hybridized carbons (Fsp3) is 0.600. The number of hydrogen-bond donors (Lipinski definition) is 1. The van der Waals surface area contributed by atoms with Gasteiger partial charge < -0.3 is 19.6 Å². The highest BCUT2D eigenvalue weighted by Crippen LogP contribution is 2.28. The molecule has 6 heteroatoms. The first-order valence-corrected chi connectivity index (χ1v) is 7.46. The van der Waals surface area contributed by atoms with Crippen molar-refractivity contribution in [3.8, 4) is 0 Å². The minimum atomic E-state index is -0.414. The smallest absolute Gasteiger partial charge is 0.248 e. The Kier molecular flexibility index (Phi) is 4.36. The van der Waals surface area contributed by atoms with Crippen molar-refractivity contribution in [2.24, 2.45) is 0 Å². The molecule has 0 bridgehead atoms. The first-order valence-electron chi connectivity index (χ1n) is 7.46. The molecule has 0 aliphatic carbocycles. The molecule has 0 aromatic carbocycles. The van der Waals surface area contributed by atoms with Crippen molar-refractivity contribution in [1.29, 1.82) is 0 Å². The van der Waals surface area contributed by atoms with E-state index in [4.69, 9.17) is 9.84 Å². The molecule has 1 amide bonds. The van der Waals surface area contributed by atoms with Crippen LogP contribution in [0.15, 0.2) is 24.5 Å². The summed E-state index contributed by atoms with van der Waals surface area (Å²) in [6, 6.07) is 4.27. The molecule has 1 aromatic heterocycles. The number of carbonyl (C=O) groups is 1. The first-order chi connectivity index (χ1) is 10.3. The highest BCUT2D eigenvalue weighted by Gasteiger charge is 2.35. The molecule has 2 aliphatic rings. The van der Waals surface area contributed by atoms with Crippen LogP contribution < -0.4 is 4.90 Å². The van der Waals surface area contributed by atoms with Crippen molar-refractivity contribution in [1.82, 2.24) is 9.88 Å². The van der Waals surface area contributed by atoms with E-state index in [-0.39, 0.29) is 18.1 Å². The lowest BCUT2D eigenvalue weighted by atomic mass is 10.0. The number of ether oxygens (including phenoxy) is 1. The summed E-state index contributed by atoms with van der Waals surface area (Å²) in [5.41, 5.74) is 1.11. The summed E-state index contributed by atoms with van der Waals surface area (Å²) in [6.07, 6.45) is 5.45. The van der Waals surface area contributed by atoms with Crippen LogP contribution in [0.4, 0.5) is 5.69 Å². The maximum Gasteiger partial charge on any atom is 0.248 e. The van der Waals surface area contributed by atoms with Gasteiger partial charge in [0.15, 0.2) is 0 Å². The van der Waals surface area contributed by atoms with Gasteiger partial charge in [-0.15, -0.1) is 0 Å². The van der Waals surface area contributed by atoms with Crippen LogP contribution in [0.1, 0.15) is 12.8 Å². The molecule has 0 unspecified atom stereocenters. The average molecular weight is 291 g/mol. The maximum atomic E-state index is 11.7. The van der Waals surface area contributed by atoms with Gasteiger partial charge in [0.25, 0.3) is 0 Å². The molecule has 0 saturated carbocycles. The monoisotopic (exact) mass is 291 g/mol. The lowest BCUT2D eigenvalue weighted by molar-refractivity contribution is -0.134. The zero-order valence-electron chi connectivity index (χ0n) is 12.0. The molecule has 0 spiro atoms. The summed E-state index contributed by atoms with van der Waals surface area (Å²) in [5, 5.41) is 9.03. The Morgan fingerprint density at radius 3 is 3.00 bits per heavy atom. The van der Waals surface area contributed by atoms with Gasteiger partial charge in [0.2, 0.25) is 5.91 Å². The van der Waals surface area contributed by atoms with E-state index in [1.165, 1.54) is 0 Å². The third kappa shape index (κ3) is 3.01. The summed E-state index contributed by atoms with van der Waals surface area (Å²) in [5.74, 6) is -0.193. The Morgan fingerprint density at radius 2 is 2.24 bits per heavy atom. The van der Waals surface area contributed by atoms with Gasteiger partial charge in [-0.25, -0.2) is 0 Å². The second kappa shape index (κ2) is 6.41. The van der Waals surface area contributed by atoms with Gasteiger partial charge in [-0.1, -0.05) is 0 Å². The predicted octanol–water partition coefficient (Wildman–Crippen LogP) is 0.270. The molecule has 2 atom stereocenters. The molecule has 6 nitrogen and oxygen atoms in total. The number of likely N-dealkylation sites (tertiary alicyclic amines) is 1. The van der Waals surface area contributed by atoms with Crippen LogP contribution in [0, 0.1) is 0 Å². The lowest BCUT2D eigenvalue weighted by Gasteiger charge is -2.41. The van der Waals surface area contributed by atoms with Gasteiger partial charge in [0, 0.05) is 25.8 Å². The van der Waals surface area contributed by atoms with Gasteiger partial charge in [0.1, 0.15) is 6.61 Å². The number of nitrogens with zero attached hydrogens (tertiary/aromatic N) is 3. The van der Waals surface area contributed by atoms with E-state index in [1.807, 2.05) is 12.3 Å². The van der Waals surface area contributed by atoms with Crippen LogP contribution in [0.25, 0.3) is 0 Å². The average Bonchev–Trinajstić information content (AvgIpc) is 2.77. The summed E-state index contributed by atoms with van der Waals surface area (Å²) >= 11 is 0. The number of amides is 1. The molecule has 2 saturated heterocycles. The SMILES string of the molecule is O=C(CO)N1CC[C@@H]2[C@@H](CC1)OCCN2c1cccnc1. The summed E-state index contributed by atoms with van der Waals surface area (Å²) < 4.78 is 5.91. The number of aliphatic hydroxyl groups is 1. The molecule has 3 heterocycles. The molecule has 21 heavy (non-hydrogen) atoms. The number of rotatable bonds is 2. The molecule has 2 aliphatic heterocycles. The standard InChI is InChI=1S/C15H21N3O3/c19-11-15(20)17-6-3-13-14(4-7-17)21-9-8-18(13)12-2-1-5-16-10-12/h1-2,5,10,13-14,19H,3-4,6-9,11H2/t13-,14-/m1/s1. The van der Waals surface area contributed by atoms with Crippen molar-refractivity contribution in [2.75, 3.05) is 37.7 Å².